The minimum atomic E-state index is 0.0319. The predicted octanol–water partition coefficient (Wildman–Crippen LogP) is 5.69. The zero-order valence-electron chi connectivity index (χ0n) is 14.8. The molecule has 142 valence electrons. The minimum Gasteiger partial charge on any atom is -0.506 e. The molecule has 0 amide bonds. The van der Waals surface area contributed by atoms with Gasteiger partial charge in [-0.25, -0.2) is 0 Å². The van der Waals surface area contributed by atoms with Gasteiger partial charge in [0.05, 0.1) is 10.0 Å². The van der Waals surface area contributed by atoms with Crippen LogP contribution in [0.2, 0.25) is 10.0 Å². The highest BCUT2D eigenvalue weighted by atomic mass is 35.5. The number of pyridine rings is 1. The van der Waals surface area contributed by atoms with Gasteiger partial charge in [0.15, 0.2) is 0 Å². The van der Waals surface area contributed by atoms with Crippen LogP contribution in [-0.2, 0) is 12.8 Å². The fraction of sp³-hybridized carbons (Fsp3) is 0.0952. The molecule has 2 N–H and O–H groups in total. The SMILES string of the molecule is Oc1cccc(Cl)c1N=CCc1cccc(CC=Nc2c(O)cccc2Cl)n1. The van der Waals surface area contributed by atoms with Crippen LogP contribution in [0, 0.1) is 0 Å². The van der Waals surface area contributed by atoms with Crippen LogP contribution in [-0.4, -0.2) is 27.6 Å². The van der Waals surface area contributed by atoms with Crippen LogP contribution in [0.15, 0.2) is 64.6 Å². The van der Waals surface area contributed by atoms with Crippen LogP contribution < -0.4 is 0 Å². The molecule has 3 rings (SSSR count). The molecule has 0 unspecified atom stereocenters. The first-order valence-electron chi connectivity index (χ1n) is 8.49. The number of nitrogens with zero attached hydrogens (tertiary/aromatic N) is 3. The number of aromatic hydroxyl groups is 2. The van der Waals surface area contributed by atoms with Crippen LogP contribution in [0.5, 0.6) is 11.5 Å². The molecule has 3 aromatic rings. The predicted molar refractivity (Wildman–Crippen MR) is 114 cm³/mol. The van der Waals surface area contributed by atoms with Gasteiger partial charge in [-0.05, 0) is 36.4 Å². The Bertz CT molecular complexity index is 917. The molecule has 0 fully saturated rings. The molecule has 1 aromatic heterocycles. The van der Waals surface area contributed by atoms with E-state index in [1.54, 1.807) is 36.7 Å². The number of aliphatic imine (C=N–C) groups is 2. The zero-order valence-corrected chi connectivity index (χ0v) is 16.3. The summed E-state index contributed by atoms with van der Waals surface area (Å²) >= 11 is 12.1. The van der Waals surface area contributed by atoms with Crippen molar-refractivity contribution in [2.75, 3.05) is 0 Å². The molecule has 0 radical (unpaired) electrons. The van der Waals surface area contributed by atoms with Crippen LogP contribution in [0.1, 0.15) is 11.4 Å². The van der Waals surface area contributed by atoms with E-state index in [4.69, 9.17) is 23.2 Å². The molecule has 0 aliphatic rings. The second-order valence-corrected chi connectivity index (χ2v) is 6.68. The Balaban J connectivity index is 1.66. The first-order chi connectivity index (χ1) is 13.5. The highest BCUT2D eigenvalue weighted by Gasteiger charge is 2.04. The van der Waals surface area contributed by atoms with Gasteiger partial charge in [0.25, 0.3) is 0 Å². The van der Waals surface area contributed by atoms with Crippen molar-refractivity contribution in [1.82, 2.24) is 4.98 Å². The van der Waals surface area contributed by atoms with Crippen molar-refractivity contribution in [2.45, 2.75) is 12.8 Å². The lowest BCUT2D eigenvalue weighted by Gasteiger charge is -2.02. The van der Waals surface area contributed by atoms with E-state index in [1.165, 1.54) is 12.1 Å². The van der Waals surface area contributed by atoms with E-state index >= 15 is 0 Å². The van der Waals surface area contributed by atoms with Crippen molar-refractivity contribution in [3.8, 4) is 11.5 Å². The van der Waals surface area contributed by atoms with Crippen molar-refractivity contribution in [1.29, 1.82) is 0 Å². The Morgan fingerprint density at radius 2 is 1.14 bits per heavy atom. The average Bonchev–Trinajstić information content (AvgIpc) is 2.67. The van der Waals surface area contributed by atoms with Crippen molar-refractivity contribution in [3.63, 3.8) is 0 Å². The van der Waals surface area contributed by atoms with Crippen molar-refractivity contribution in [2.24, 2.45) is 9.98 Å². The summed E-state index contributed by atoms with van der Waals surface area (Å²) in [7, 11) is 0. The Labute approximate surface area is 172 Å². The van der Waals surface area contributed by atoms with Gasteiger partial charge < -0.3 is 10.2 Å². The first-order valence-corrected chi connectivity index (χ1v) is 9.25. The number of rotatable bonds is 6. The maximum Gasteiger partial charge on any atom is 0.142 e. The number of phenols is 2. The molecule has 0 bridgehead atoms. The van der Waals surface area contributed by atoms with Gasteiger partial charge >= 0.3 is 0 Å². The molecule has 5 nitrogen and oxygen atoms in total. The maximum atomic E-state index is 9.81. The van der Waals surface area contributed by atoms with E-state index in [2.05, 4.69) is 15.0 Å². The van der Waals surface area contributed by atoms with Gasteiger partial charge in [-0.2, -0.15) is 0 Å². The van der Waals surface area contributed by atoms with Crippen molar-refractivity contribution >= 4 is 47.0 Å². The molecule has 0 aliphatic heterocycles. The fourth-order valence-electron chi connectivity index (χ4n) is 2.48. The van der Waals surface area contributed by atoms with Crippen molar-refractivity contribution in [3.05, 3.63) is 76.0 Å². The lowest BCUT2D eigenvalue weighted by Crippen LogP contribution is -1.97. The smallest absolute Gasteiger partial charge is 0.142 e. The summed E-state index contributed by atoms with van der Waals surface area (Å²) in [5, 5.41) is 20.4. The van der Waals surface area contributed by atoms with E-state index in [9.17, 15) is 10.2 Å². The molecular weight excluding hydrogens is 397 g/mol. The quantitative estimate of drug-likeness (QED) is 0.509. The molecule has 1 heterocycles. The number of benzene rings is 2. The van der Waals surface area contributed by atoms with E-state index in [-0.39, 0.29) is 11.5 Å². The second-order valence-electron chi connectivity index (χ2n) is 5.87. The molecule has 2 aromatic carbocycles. The van der Waals surface area contributed by atoms with Crippen LogP contribution in [0.3, 0.4) is 0 Å². The van der Waals surface area contributed by atoms with Crippen molar-refractivity contribution < 1.29 is 10.2 Å². The molecular formula is C21H17Cl2N3O2. The maximum absolute atomic E-state index is 9.81. The largest absolute Gasteiger partial charge is 0.506 e. The topological polar surface area (TPSA) is 78.1 Å². The normalized spacial score (nSPS) is 11.5. The number of phenolic OH excluding ortho intramolecular Hbond substituents is 2. The fourth-order valence-corrected chi connectivity index (χ4v) is 2.92. The third-order valence-electron chi connectivity index (χ3n) is 3.84. The number of para-hydroxylation sites is 2. The van der Waals surface area contributed by atoms with Gasteiger partial charge in [-0.1, -0.05) is 41.4 Å². The van der Waals surface area contributed by atoms with Crippen LogP contribution in [0.25, 0.3) is 0 Å². The van der Waals surface area contributed by atoms with Gasteiger partial charge in [0, 0.05) is 36.7 Å². The molecule has 0 spiro atoms. The molecule has 28 heavy (non-hydrogen) atoms. The highest BCUT2D eigenvalue weighted by Crippen LogP contribution is 2.34. The molecule has 0 atom stereocenters. The summed E-state index contributed by atoms with van der Waals surface area (Å²) in [4.78, 5) is 13.0. The number of aromatic nitrogens is 1. The summed E-state index contributed by atoms with van der Waals surface area (Å²) in [5.41, 5.74) is 2.32. The average molecular weight is 414 g/mol. The highest BCUT2D eigenvalue weighted by molar-refractivity contribution is 6.33. The summed E-state index contributed by atoms with van der Waals surface area (Å²) < 4.78 is 0. The summed E-state index contributed by atoms with van der Waals surface area (Å²) in [6.45, 7) is 0. The number of halogens is 2. The number of hydrogen-bond donors (Lipinski definition) is 2. The third kappa shape index (κ3) is 5.09. The van der Waals surface area contributed by atoms with E-state index in [0.717, 1.165) is 11.4 Å². The Hall–Kier alpha value is -2.89. The van der Waals surface area contributed by atoms with E-state index in [0.29, 0.717) is 34.3 Å². The molecule has 7 heteroatoms. The molecule has 0 saturated heterocycles. The van der Waals surface area contributed by atoms with E-state index < -0.39 is 0 Å². The lowest BCUT2D eigenvalue weighted by molar-refractivity contribution is 0.476. The Morgan fingerprint density at radius 1 is 0.714 bits per heavy atom. The third-order valence-corrected chi connectivity index (χ3v) is 4.45. The molecule has 0 saturated carbocycles. The Morgan fingerprint density at radius 3 is 1.57 bits per heavy atom. The van der Waals surface area contributed by atoms with E-state index in [1.807, 2.05) is 18.2 Å². The number of hydrogen-bond acceptors (Lipinski definition) is 5. The summed E-state index contributed by atoms with van der Waals surface area (Å²) in [5.74, 6) is 0.0639. The van der Waals surface area contributed by atoms with Gasteiger partial charge in [-0.15, -0.1) is 0 Å². The summed E-state index contributed by atoms with van der Waals surface area (Å²) in [6.07, 6.45) is 4.29. The van der Waals surface area contributed by atoms with Gasteiger partial charge in [-0.3, -0.25) is 15.0 Å². The Kier molecular flexibility index (Phi) is 6.63. The van der Waals surface area contributed by atoms with Crippen LogP contribution in [0.4, 0.5) is 11.4 Å². The standard InChI is InChI=1S/C21H17Cl2N3O2/c22-16-6-2-8-18(27)20(16)24-12-10-14-4-1-5-15(26-14)11-13-25-21-17(23)7-3-9-19(21)28/h1-9,12-13,27-28H,10-11H2. The van der Waals surface area contributed by atoms with Crippen LogP contribution >= 0.6 is 23.2 Å². The zero-order chi connectivity index (χ0) is 19.9. The second kappa shape index (κ2) is 9.35. The minimum absolute atomic E-state index is 0.0319. The summed E-state index contributed by atoms with van der Waals surface area (Å²) in [6, 6.07) is 15.4. The van der Waals surface area contributed by atoms with Gasteiger partial charge in [0.1, 0.15) is 22.9 Å². The van der Waals surface area contributed by atoms with Gasteiger partial charge in [0.2, 0.25) is 0 Å². The molecule has 0 aliphatic carbocycles. The first kappa shape index (κ1) is 19.9. The monoisotopic (exact) mass is 413 g/mol. The lowest BCUT2D eigenvalue weighted by atomic mass is 10.2.